The summed E-state index contributed by atoms with van der Waals surface area (Å²) in [5.74, 6) is 2.61. The highest BCUT2D eigenvalue weighted by Crippen LogP contribution is 2.34. The molecule has 0 saturated heterocycles. The third-order valence-corrected chi connectivity index (χ3v) is 3.75. The van der Waals surface area contributed by atoms with Crippen LogP contribution in [0.2, 0.25) is 0 Å². The SMILES string of the molecule is CCCC1CC1NC(=NC)NCc1ccc(OC)cc1.I. The number of guanidine groups is 1. The van der Waals surface area contributed by atoms with Gasteiger partial charge in [-0.3, -0.25) is 4.99 Å². The lowest BCUT2D eigenvalue weighted by atomic mass is 10.2. The summed E-state index contributed by atoms with van der Waals surface area (Å²) in [4.78, 5) is 4.28. The Labute approximate surface area is 144 Å². The van der Waals surface area contributed by atoms with Gasteiger partial charge in [-0.1, -0.05) is 25.5 Å². The summed E-state index contributed by atoms with van der Waals surface area (Å²) in [6.45, 7) is 3.01. The van der Waals surface area contributed by atoms with E-state index in [1.807, 2.05) is 19.2 Å². The zero-order valence-electron chi connectivity index (χ0n) is 13.1. The second-order valence-corrected chi connectivity index (χ2v) is 5.31. The van der Waals surface area contributed by atoms with Gasteiger partial charge in [-0.2, -0.15) is 0 Å². The third-order valence-electron chi connectivity index (χ3n) is 3.75. The number of nitrogens with zero attached hydrogens (tertiary/aromatic N) is 1. The summed E-state index contributed by atoms with van der Waals surface area (Å²) in [7, 11) is 3.50. The number of ether oxygens (including phenoxy) is 1. The molecule has 0 bridgehead atoms. The molecule has 0 aromatic heterocycles. The van der Waals surface area contributed by atoms with Gasteiger partial charge in [0.1, 0.15) is 5.75 Å². The van der Waals surface area contributed by atoms with Gasteiger partial charge in [0.15, 0.2) is 5.96 Å². The van der Waals surface area contributed by atoms with Gasteiger partial charge < -0.3 is 15.4 Å². The highest BCUT2D eigenvalue weighted by molar-refractivity contribution is 14.0. The molecule has 2 N–H and O–H groups in total. The predicted octanol–water partition coefficient (Wildman–Crippen LogP) is 3.17. The van der Waals surface area contributed by atoms with Crippen molar-refractivity contribution >= 4 is 29.9 Å². The average molecular weight is 403 g/mol. The van der Waals surface area contributed by atoms with Crippen molar-refractivity contribution in [2.45, 2.75) is 38.8 Å². The molecule has 1 aliphatic carbocycles. The largest absolute Gasteiger partial charge is 0.497 e. The Morgan fingerprint density at radius 3 is 2.62 bits per heavy atom. The van der Waals surface area contributed by atoms with Crippen LogP contribution < -0.4 is 15.4 Å². The van der Waals surface area contributed by atoms with Gasteiger partial charge in [0, 0.05) is 19.6 Å². The molecule has 1 fully saturated rings. The fourth-order valence-corrected chi connectivity index (χ4v) is 2.41. The Hall–Kier alpha value is -0.980. The van der Waals surface area contributed by atoms with Crippen LogP contribution in [0.1, 0.15) is 31.7 Å². The summed E-state index contributed by atoms with van der Waals surface area (Å²) in [5.41, 5.74) is 1.22. The van der Waals surface area contributed by atoms with Crippen molar-refractivity contribution in [1.29, 1.82) is 0 Å². The lowest BCUT2D eigenvalue weighted by Crippen LogP contribution is -2.38. The molecule has 1 aliphatic rings. The topological polar surface area (TPSA) is 45.7 Å². The number of benzene rings is 1. The Morgan fingerprint density at radius 1 is 1.33 bits per heavy atom. The average Bonchev–Trinajstić information content (AvgIpc) is 3.22. The molecule has 0 spiro atoms. The molecule has 1 aromatic rings. The van der Waals surface area contributed by atoms with E-state index in [9.17, 15) is 0 Å². The molecular formula is C16H26IN3O. The minimum atomic E-state index is 0. The van der Waals surface area contributed by atoms with Crippen molar-refractivity contribution in [2.75, 3.05) is 14.2 Å². The fraction of sp³-hybridized carbons (Fsp3) is 0.562. The van der Waals surface area contributed by atoms with Gasteiger partial charge >= 0.3 is 0 Å². The second-order valence-electron chi connectivity index (χ2n) is 5.31. The standard InChI is InChI=1S/C16H25N3O.HI/c1-4-5-13-10-15(13)19-16(17-2)18-11-12-6-8-14(20-3)9-7-12;/h6-9,13,15H,4-5,10-11H2,1-3H3,(H2,17,18,19);1H. The molecule has 1 saturated carbocycles. The van der Waals surface area contributed by atoms with Crippen LogP contribution in [0.25, 0.3) is 0 Å². The smallest absolute Gasteiger partial charge is 0.191 e. The minimum absolute atomic E-state index is 0. The molecule has 0 aliphatic heterocycles. The summed E-state index contributed by atoms with van der Waals surface area (Å²) >= 11 is 0. The van der Waals surface area contributed by atoms with Crippen LogP contribution in [0.4, 0.5) is 0 Å². The van der Waals surface area contributed by atoms with E-state index in [1.54, 1.807) is 7.11 Å². The molecule has 2 unspecified atom stereocenters. The fourth-order valence-electron chi connectivity index (χ4n) is 2.41. The maximum absolute atomic E-state index is 5.16. The molecular weight excluding hydrogens is 377 g/mol. The number of nitrogens with one attached hydrogen (secondary N) is 2. The number of rotatable bonds is 6. The van der Waals surface area contributed by atoms with Crippen molar-refractivity contribution in [3.8, 4) is 5.75 Å². The first-order chi connectivity index (χ1) is 9.76. The van der Waals surface area contributed by atoms with E-state index in [2.05, 4.69) is 34.7 Å². The summed E-state index contributed by atoms with van der Waals surface area (Å²) in [5, 5.41) is 6.84. The molecule has 2 atom stereocenters. The normalized spacial score (nSPS) is 20.4. The number of methoxy groups -OCH3 is 1. The molecule has 0 heterocycles. The van der Waals surface area contributed by atoms with E-state index >= 15 is 0 Å². The first kappa shape index (κ1) is 18.1. The zero-order valence-corrected chi connectivity index (χ0v) is 15.4. The lowest BCUT2D eigenvalue weighted by Gasteiger charge is -2.12. The number of halogens is 1. The second kappa shape index (κ2) is 9.12. The third kappa shape index (κ3) is 5.73. The van der Waals surface area contributed by atoms with Gasteiger partial charge in [-0.15, -0.1) is 24.0 Å². The quantitative estimate of drug-likeness (QED) is 0.436. The van der Waals surface area contributed by atoms with Gasteiger partial charge in [0.05, 0.1) is 7.11 Å². The number of aliphatic imine (C=N–C) groups is 1. The predicted molar refractivity (Wildman–Crippen MR) is 98.5 cm³/mol. The maximum atomic E-state index is 5.16. The Balaban J connectivity index is 0.00000220. The van der Waals surface area contributed by atoms with Gasteiger partial charge in [0.2, 0.25) is 0 Å². The Kier molecular flexibility index (Phi) is 7.85. The van der Waals surface area contributed by atoms with Crippen molar-refractivity contribution < 1.29 is 4.74 Å². The van der Waals surface area contributed by atoms with Crippen LogP contribution >= 0.6 is 24.0 Å². The molecule has 2 rings (SSSR count). The van der Waals surface area contributed by atoms with Crippen molar-refractivity contribution in [3.05, 3.63) is 29.8 Å². The summed E-state index contributed by atoms with van der Waals surface area (Å²) < 4.78 is 5.16. The lowest BCUT2D eigenvalue weighted by molar-refractivity contribution is 0.414. The highest BCUT2D eigenvalue weighted by atomic mass is 127. The number of hydrogen-bond acceptors (Lipinski definition) is 2. The summed E-state index contributed by atoms with van der Waals surface area (Å²) in [6.07, 6.45) is 3.85. The molecule has 1 aromatic carbocycles. The van der Waals surface area contributed by atoms with Crippen LogP contribution in [0.3, 0.4) is 0 Å². The van der Waals surface area contributed by atoms with Crippen LogP contribution in [0.5, 0.6) is 5.75 Å². The summed E-state index contributed by atoms with van der Waals surface area (Å²) in [6, 6.07) is 8.69. The van der Waals surface area contributed by atoms with Gasteiger partial charge in [-0.05, 0) is 36.5 Å². The van der Waals surface area contributed by atoms with Crippen LogP contribution in [0, 0.1) is 5.92 Å². The van der Waals surface area contributed by atoms with E-state index in [4.69, 9.17) is 4.74 Å². The van der Waals surface area contributed by atoms with E-state index in [0.717, 1.165) is 24.2 Å². The molecule has 0 radical (unpaired) electrons. The molecule has 0 amide bonds. The first-order valence-corrected chi connectivity index (χ1v) is 7.37. The van der Waals surface area contributed by atoms with Crippen molar-refractivity contribution in [1.82, 2.24) is 10.6 Å². The monoisotopic (exact) mass is 403 g/mol. The van der Waals surface area contributed by atoms with Crippen LogP contribution in [0.15, 0.2) is 29.3 Å². The van der Waals surface area contributed by atoms with Gasteiger partial charge in [-0.25, -0.2) is 0 Å². The number of hydrogen-bond donors (Lipinski definition) is 2. The zero-order chi connectivity index (χ0) is 14.4. The van der Waals surface area contributed by atoms with Crippen LogP contribution in [-0.4, -0.2) is 26.2 Å². The molecule has 118 valence electrons. The van der Waals surface area contributed by atoms with E-state index < -0.39 is 0 Å². The molecule has 5 heteroatoms. The Bertz CT molecular complexity index is 447. The molecule has 4 nitrogen and oxygen atoms in total. The molecule has 21 heavy (non-hydrogen) atoms. The van der Waals surface area contributed by atoms with Crippen molar-refractivity contribution in [2.24, 2.45) is 10.9 Å². The minimum Gasteiger partial charge on any atom is -0.497 e. The van der Waals surface area contributed by atoms with Crippen LogP contribution in [-0.2, 0) is 6.54 Å². The van der Waals surface area contributed by atoms with Gasteiger partial charge in [0.25, 0.3) is 0 Å². The first-order valence-electron chi connectivity index (χ1n) is 7.37. The van der Waals surface area contributed by atoms with E-state index in [0.29, 0.717) is 6.04 Å². The maximum Gasteiger partial charge on any atom is 0.191 e. The van der Waals surface area contributed by atoms with E-state index in [1.165, 1.54) is 24.8 Å². The van der Waals surface area contributed by atoms with E-state index in [-0.39, 0.29) is 24.0 Å². The van der Waals surface area contributed by atoms with Crippen molar-refractivity contribution in [3.63, 3.8) is 0 Å². The highest BCUT2D eigenvalue weighted by Gasteiger charge is 2.36. The Morgan fingerprint density at radius 2 is 2.05 bits per heavy atom.